The van der Waals surface area contributed by atoms with Crippen molar-refractivity contribution < 1.29 is 13.6 Å². The van der Waals surface area contributed by atoms with E-state index in [9.17, 15) is 13.6 Å². The van der Waals surface area contributed by atoms with Gasteiger partial charge in [0.25, 0.3) is 0 Å². The first-order valence-corrected chi connectivity index (χ1v) is 8.05. The third-order valence-electron chi connectivity index (χ3n) is 4.67. The highest BCUT2D eigenvalue weighted by Gasteiger charge is 2.26. The van der Waals surface area contributed by atoms with Crippen LogP contribution >= 0.6 is 0 Å². The first-order valence-electron chi connectivity index (χ1n) is 8.05. The fourth-order valence-electron chi connectivity index (χ4n) is 3.50. The van der Waals surface area contributed by atoms with Gasteiger partial charge in [0.15, 0.2) is 11.6 Å². The lowest BCUT2D eigenvalue weighted by Gasteiger charge is -2.35. The number of hydrogen-bond acceptors (Lipinski definition) is 2. The normalized spacial score (nSPS) is 21.7. The summed E-state index contributed by atoms with van der Waals surface area (Å²) in [7, 11) is 0. The number of rotatable bonds is 2. The van der Waals surface area contributed by atoms with Crippen molar-refractivity contribution in [2.45, 2.75) is 32.6 Å². The van der Waals surface area contributed by atoms with Crippen LogP contribution in [0.4, 0.5) is 14.5 Å². The average Bonchev–Trinajstić information content (AvgIpc) is 2.49. The Labute approximate surface area is 129 Å². The first kappa shape index (κ1) is 15.3. The largest absolute Gasteiger partial charge is 0.362 e. The van der Waals surface area contributed by atoms with E-state index in [0.29, 0.717) is 18.2 Å². The van der Waals surface area contributed by atoms with Gasteiger partial charge in [-0.3, -0.25) is 4.79 Å². The Morgan fingerprint density at radius 1 is 1.23 bits per heavy atom. The summed E-state index contributed by atoms with van der Waals surface area (Å²) in [5, 5.41) is 0. The van der Waals surface area contributed by atoms with E-state index in [1.165, 1.54) is 18.6 Å². The van der Waals surface area contributed by atoms with Gasteiger partial charge in [-0.1, -0.05) is 6.92 Å². The number of carbonyl (C=O) groups is 1. The molecule has 1 fully saturated rings. The lowest BCUT2D eigenvalue weighted by molar-refractivity contribution is -0.131. The van der Waals surface area contributed by atoms with Crippen molar-refractivity contribution in [3.05, 3.63) is 29.3 Å². The molecule has 120 valence electrons. The molecule has 1 aromatic rings. The molecule has 5 heteroatoms. The second kappa shape index (κ2) is 6.23. The number of benzene rings is 1. The molecule has 0 aliphatic carbocycles. The van der Waals surface area contributed by atoms with Gasteiger partial charge in [0, 0.05) is 31.4 Å². The van der Waals surface area contributed by atoms with E-state index in [0.717, 1.165) is 37.9 Å². The maximum atomic E-state index is 13.5. The molecular formula is C17H22F2N2O. The number of piperidine rings is 1. The SMILES string of the molecule is CC1CCCN(C(=O)CN2CCCc3cc(F)c(F)cc32)C1. The molecule has 1 atom stereocenters. The molecule has 22 heavy (non-hydrogen) atoms. The average molecular weight is 308 g/mol. The molecule has 2 aliphatic rings. The minimum absolute atomic E-state index is 0.0872. The molecule has 2 heterocycles. The van der Waals surface area contributed by atoms with Crippen molar-refractivity contribution in [3.63, 3.8) is 0 Å². The summed E-state index contributed by atoms with van der Waals surface area (Å²) in [6, 6.07) is 2.50. The van der Waals surface area contributed by atoms with Crippen molar-refractivity contribution in [2.24, 2.45) is 5.92 Å². The van der Waals surface area contributed by atoms with Crippen molar-refractivity contribution in [3.8, 4) is 0 Å². The predicted molar refractivity (Wildman–Crippen MR) is 81.9 cm³/mol. The number of hydrogen-bond donors (Lipinski definition) is 0. The van der Waals surface area contributed by atoms with Crippen LogP contribution in [-0.4, -0.2) is 37.0 Å². The highest BCUT2D eigenvalue weighted by atomic mass is 19.2. The molecule has 3 rings (SSSR count). The van der Waals surface area contributed by atoms with Gasteiger partial charge in [0.2, 0.25) is 5.91 Å². The summed E-state index contributed by atoms with van der Waals surface area (Å²) in [5.41, 5.74) is 1.47. The number of likely N-dealkylation sites (tertiary alicyclic amines) is 1. The Hall–Kier alpha value is -1.65. The molecule has 0 spiro atoms. The smallest absolute Gasteiger partial charge is 0.242 e. The van der Waals surface area contributed by atoms with Crippen LogP contribution < -0.4 is 4.90 Å². The summed E-state index contributed by atoms with van der Waals surface area (Å²) < 4.78 is 26.9. The highest BCUT2D eigenvalue weighted by Crippen LogP contribution is 2.29. The molecule has 3 nitrogen and oxygen atoms in total. The van der Waals surface area contributed by atoms with Crippen molar-refractivity contribution in [1.29, 1.82) is 0 Å². The van der Waals surface area contributed by atoms with Gasteiger partial charge in [-0.15, -0.1) is 0 Å². The van der Waals surface area contributed by atoms with E-state index >= 15 is 0 Å². The molecule has 0 aromatic heterocycles. The van der Waals surface area contributed by atoms with E-state index in [1.54, 1.807) is 0 Å². The minimum Gasteiger partial charge on any atom is -0.362 e. The third kappa shape index (κ3) is 3.08. The van der Waals surface area contributed by atoms with Crippen LogP contribution in [0.3, 0.4) is 0 Å². The van der Waals surface area contributed by atoms with Crippen LogP contribution in [0.1, 0.15) is 31.7 Å². The lowest BCUT2D eigenvalue weighted by atomic mass is 9.99. The number of fused-ring (bicyclic) bond motifs is 1. The Morgan fingerprint density at radius 2 is 2.00 bits per heavy atom. The molecule has 1 unspecified atom stereocenters. The van der Waals surface area contributed by atoms with Gasteiger partial charge in [-0.2, -0.15) is 0 Å². The number of nitrogens with zero attached hydrogens (tertiary/aromatic N) is 2. The van der Waals surface area contributed by atoms with Crippen LogP contribution in [0.2, 0.25) is 0 Å². The van der Waals surface area contributed by atoms with E-state index in [4.69, 9.17) is 0 Å². The summed E-state index contributed by atoms with van der Waals surface area (Å²) in [5.74, 6) is -1.02. The molecule has 0 bridgehead atoms. The molecular weight excluding hydrogens is 286 g/mol. The molecule has 1 saturated heterocycles. The summed E-state index contributed by atoms with van der Waals surface area (Å²) in [4.78, 5) is 16.3. The molecule has 2 aliphatic heterocycles. The zero-order valence-corrected chi connectivity index (χ0v) is 12.9. The number of amides is 1. The van der Waals surface area contributed by atoms with Crippen molar-refractivity contribution in [2.75, 3.05) is 31.1 Å². The first-order chi connectivity index (χ1) is 10.5. The van der Waals surface area contributed by atoms with Gasteiger partial charge in [-0.25, -0.2) is 8.78 Å². The Morgan fingerprint density at radius 3 is 2.77 bits per heavy atom. The number of halogens is 2. The topological polar surface area (TPSA) is 23.6 Å². The quantitative estimate of drug-likeness (QED) is 0.838. The Balaban J connectivity index is 1.74. The molecule has 1 aromatic carbocycles. The van der Waals surface area contributed by atoms with Crippen LogP contribution in [0, 0.1) is 17.6 Å². The second-order valence-electron chi connectivity index (χ2n) is 6.51. The zero-order valence-electron chi connectivity index (χ0n) is 12.9. The maximum absolute atomic E-state index is 13.5. The van der Waals surface area contributed by atoms with E-state index in [-0.39, 0.29) is 12.5 Å². The number of carbonyl (C=O) groups excluding carboxylic acids is 1. The number of aryl methyl sites for hydroxylation is 1. The van der Waals surface area contributed by atoms with Gasteiger partial charge in [0.05, 0.1) is 6.54 Å². The monoisotopic (exact) mass is 308 g/mol. The summed E-state index contributed by atoms with van der Waals surface area (Å²) >= 11 is 0. The Kier molecular flexibility index (Phi) is 4.32. The van der Waals surface area contributed by atoms with Gasteiger partial charge >= 0.3 is 0 Å². The third-order valence-corrected chi connectivity index (χ3v) is 4.67. The van der Waals surface area contributed by atoms with Gasteiger partial charge < -0.3 is 9.80 Å². The fraction of sp³-hybridized carbons (Fsp3) is 0.588. The zero-order chi connectivity index (χ0) is 15.7. The van der Waals surface area contributed by atoms with Gasteiger partial charge in [0.1, 0.15) is 0 Å². The van der Waals surface area contributed by atoms with Crippen LogP contribution in [0.25, 0.3) is 0 Å². The Bertz CT molecular complexity index is 576. The summed E-state index contributed by atoms with van der Waals surface area (Å²) in [6.07, 6.45) is 3.81. The van der Waals surface area contributed by atoms with Crippen LogP contribution in [0.15, 0.2) is 12.1 Å². The fourth-order valence-corrected chi connectivity index (χ4v) is 3.50. The minimum atomic E-state index is -0.843. The maximum Gasteiger partial charge on any atom is 0.242 e. The molecule has 0 radical (unpaired) electrons. The molecule has 0 saturated carbocycles. The van der Waals surface area contributed by atoms with E-state index in [2.05, 4.69) is 6.92 Å². The van der Waals surface area contributed by atoms with Crippen molar-refractivity contribution >= 4 is 11.6 Å². The standard InChI is InChI=1S/C17H22F2N2O/c1-12-4-2-7-21(10-12)17(22)11-20-6-3-5-13-8-14(18)15(19)9-16(13)20/h8-9,12H,2-7,10-11H2,1H3. The second-order valence-corrected chi connectivity index (χ2v) is 6.51. The highest BCUT2D eigenvalue weighted by molar-refractivity contribution is 5.82. The van der Waals surface area contributed by atoms with Crippen LogP contribution in [0.5, 0.6) is 0 Å². The number of anilines is 1. The predicted octanol–water partition coefficient (Wildman–Crippen LogP) is 2.98. The van der Waals surface area contributed by atoms with Gasteiger partial charge in [-0.05, 0) is 43.2 Å². The van der Waals surface area contributed by atoms with Crippen LogP contribution in [-0.2, 0) is 11.2 Å². The van der Waals surface area contributed by atoms with E-state index < -0.39 is 11.6 Å². The molecule has 0 N–H and O–H groups in total. The molecule has 1 amide bonds. The lowest BCUT2D eigenvalue weighted by Crippen LogP contribution is -2.45. The summed E-state index contributed by atoms with van der Waals surface area (Å²) in [6.45, 7) is 4.74. The van der Waals surface area contributed by atoms with Crippen molar-refractivity contribution in [1.82, 2.24) is 4.90 Å². The van der Waals surface area contributed by atoms with E-state index in [1.807, 2.05) is 9.80 Å².